The summed E-state index contributed by atoms with van der Waals surface area (Å²) < 4.78 is 19.6. The van der Waals surface area contributed by atoms with E-state index in [0.29, 0.717) is 5.02 Å². The zero-order valence-electron chi connectivity index (χ0n) is 11.1. The Bertz CT molecular complexity index is 621. The van der Waals surface area contributed by atoms with Crippen molar-refractivity contribution in [1.29, 1.82) is 0 Å². The lowest BCUT2D eigenvalue weighted by Gasteiger charge is -2.19. The smallest absolute Gasteiger partial charge is 0.165 e. The van der Waals surface area contributed by atoms with Crippen molar-refractivity contribution in [2.24, 2.45) is 0 Å². The van der Waals surface area contributed by atoms with Crippen LogP contribution in [0.5, 0.6) is 5.75 Å². The topological polar surface area (TPSA) is 21.3 Å². The molecule has 0 radical (unpaired) electrons. The SMILES string of the molecule is CNC(c1ccc(OC)c(F)c1)c1cccc(Br)c1Cl. The number of benzene rings is 2. The van der Waals surface area contributed by atoms with Crippen LogP contribution in [0.25, 0.3) is 0 Å². The molecule has 0 saturated carbocycles. The van der Waals surface area contributed by atoms with Gasteiger partial charge in [-0.25, -0.2) is 4.39 Å². The summed E-state index contributed by atoms with van der Waals surface area (Å²) in [6, 6.07) is 10.4. The Balaban J connectivity index is 2.47. The highest BCUT2D eigenvalue weighted by molar-refractivity contribution is 9.10. The summed E-state index contributed by atoms with van der Waals surface area (Å²) in [5, 5.41) is 3.77. The Kier molecular flexibility index (Phi) is 5.02. The normalized spacial score (nSPS) is 12.2. The van der Waals surface area contributed by atoms with E-state index in [1.54, 1.807) is 6.07 Å². The number of methoxy groups -OCH3 is 1. The molecular weight excluding hydrogens is 345 g/mol. The highest BCUT2D eigenvalue weighted by atomic mass is 79.9. The van der Waals surface area contributed by atoms with Gasteiger partial charge in [-0.3, -0.25) is 0 Å². The maximum absolute atomic E-state index is 13.8. The van der Waals surface area contributed by atoms with Gasteiger partial charge < -0.3 is 10.1 Å². The van der Waals surface area contributed by atoms with Gasteiger partial charge in [0.15, 0.2) is 11.6 Å². The second kappa shape index (κ2) is 6.57. The largest absolute Gasteiger partial charge is 0.494 e. The van der Waals surface area contributed by atoms with Crippen molar-refractivity contribution in [2.75, 3.05) is 14.2 Å². The number of halogens is 3. The molecule has 0 bridgehead atoms. The lowest BCUT2D eigenvalue weighted by atomic mass is 9.98. The molecule has 0 amide bonds. The minimum Gasteiger partial charge on any atom is -0.494 e. The summed E-state index contributed by atoms with van der Waals surface area (Å²) in [5.41, 5.74) is 1.67. The highest BCUT2D eigenvalue weighted by Gasteiger charge is 2.18. The van der Waals surface area contributed by atoms with Crippen molar-refractivity contribution in [2.45, 2.75) is 6.04 Å². The van der Waals surface area contributed by atoms with Crippen molar-refractivity contribution in [3.05, 3.63) is 62.8 Å². The second-order valence-corrected chi connectivity index (χ2v) is 5.49. The van der Waals surface area contributed by atoms with Crippen LogP contribution < -0.4 is 10.1 Å². The Morgan fingerprint density at radius 3 is 2.65 bits per heavy atom. The molecule has 0 saturated heterocycles. The van der Waals surface area contributed by atoms with Gasteiger partial charge in [0, 0.05) is 4.47 Å². The number of ether oxygens (including phenoxy) is 1. The predicted octanol–water partition coefficient (Wildman–Crippen LogP) is 4.56. The van der Waals surface area contributed by atoms with Crippen molar-refractivity contribution in [1.82, 2.24) is 5.32 Å². The van der Waals surface area contributed by atoms with Crippen LogP contribution >= 0.6 is 27.5 Å². The van der Waals surface area contributed by atoms with Crippen LogP contribution in [0.15, 0.2) is 40.9 Å². The maximum atomic E-state index is 13.8. The zero-order valence-corrected chi connectivity index (χ0v) is 13.4. The summed E-state index contributed by atoms with van der Waals surface area (Å²) in [7, 11) is 3.25. The second-order valence-electron chi connectivity index (χ2n) is 4.26. The monoisotopic (exact) mass is 357 g/mol. The molecule has 106 valence electrons. The summed E-state index contributed by atoms with van der Waals surface area (Å²) in [6.07, 6.45) is 0. The third kappa shape index (κ3) is 2.97. The third-order valence-corrected chi connectivity index (χ3v) is 4.40. The van der Waals surface area contributed by atoms with Crippen molar-refractivity contribution >= 4 is 27.5 Å². The Hall–Kier alpha value is -1.10. The van der Waals surface area contributed by atoms with E-state index in [4.69, 9.17) is 16.3 Å². The Morgan fingerprint density at radius 2 is 2.05 bits per heavy atom. The predicted molar refractivity (Wildman–Crippen MR) is 83.0 cm³/mol. The molecule has 2 aromatic rings. The molecule has 0 spiro atoms. The van der Waals surface area contributed by atoms with E-state index in [9.17, 15) is 4.39 Å². The van der Waals surface area contributed by atoms with E-state index < -0.39 is 5.82 Å². The van der Waals surface area contributed by atoms with E-state index in [1.807, 2.05) is 31.3 Å². The first kappa shape index (κ1) is 15.3. The molecule has 2 rings (SSSR count). The van der Waals surface area contributed by atoms with Crippen molar-refractivity contribution in [3.63, 3.8) is 0 Å². The summed E-state index contributed by atoms with van der Waals surface area (Å²) in [5.74, 6) is -0.166. The summed E-state index contributed by atoms with van der Waals surface area (Å²) in [4.78, 5) is 0. The number of hydrogen-bond acceptors (Lipinski definition) is 2. The van der Waals surface area contributed by atoms with Gasteiger partial charge in [-0.2, -0.15) is 0 Å². The van der Waals surface area contributed by atoms with E-state index in [1.165, 1.54) is 13.2 Å². The lowest BCUT2D eigenvalue weighted by molar-refractivity contribution is 0.386. The summed E-state index contributed by atoms with van der Waals surface area (Å²) >= 11 is 9.71. The van der Waals surface area contributed by atoms with E-state index in [-0.39, 0.29) is 11.8 Å². The molecule has 1 atom stereocenters. The van der Waals surface area contributed by atoms with Gasteiger partial charge >= 0.3 is 0 Å². The zero-order chi connectivity index (χ0) is 14.7. The van der Waals surface area contributed by atoms with Gasteiger partial charge in [-0.05, 0) is 52.3 Å². The molecule has 0 aliphatic rings. The number of hydrogen-bond donors (Lipinski definition) is 1. The Labute approximate surface area is 131 Å². The molecule has 0 fully saturated rings. The average molecular weight is 359 g/mol. The minimum atomic E-state index is -0.392. The molecule has 0 aliphatic carbocycles. The molecule has 20 heavy (non-hydrogen) atoms. The Morgan fingerprint density at radius 1 is 1.30 bits per heavy atom. The lowest BCUT2D eigenvalue weighted by Crippen LogP contribution is -2.18. The number of rotatable bonds is 4. The molecule has 0 aromatic heterocycles. The van der Waals surface area contributed by atoms with Crippen LogP contribution in [0.4, 0.5) is 4.39 Å². The van der Waals surface area contributed by atoms with Gasteiger partial charge in [0.05, 0.1) is 18.2 Å². The molecule has 0 aliphatic heterocycles. The summed E-state index contributed by atoms with van der Waals surface area (Å²) in [6.45, 7) is 0. The standard InChI is InChI=1S/C15H14BrClFNO/c1-19-15(10-4-3-5-11(16)14(10)17)9-6-7-13(20-2)12(18)8-9/h3-8,15,19H,1-2H3. The van der Waals surface area contributed by atoms with E-state index in [0.717, 1.165) is 15.6 Å². The first-order valence-electron chi connectivity index (χ1n) is 6.03. The molecule has 2 nitrogen and oxygen atoms in total. The van der Waals surface area contributed by atoms with Gasteiger partial charge in [0.25, 0.3) is 0 Å². The molecule has 5 heteroatoms. The van der Waals surface area contributed by atoms with Crippen LogP contribution in [-0.4, -0.2) is 14.2 Å². The van der Waals surface area contributed by atoms with Crippen LogP contribution in [0, 0.1) is 5.82 Å². The van der Waals surface area contributed by atoms with E-state index in [2.05, 4.69) is 21.2 Å². The average Bonchev–Trinajstić information content (AvgIpc) is 2.44. The van der Waals surface area contributed by atoms with Gasteiger partial charge in [0.1, 0.15) is 0 Å². The fourth-order valence-electron chi connectivity index (χ4n) is 2.11. The fourth-order valence-corrected chi connectivity index (χ4v) is 2.72. The van der Waals surface area contributed by atoms with Gasteiger partial charge in [-0.1, -0.05) is 29.8 Å². The van der Waals surface area contributed by atoms with Crippen molar-refractivity contribution in [3.8, 4) is 5.75 Å². The highest BCUT2D eigenvalue weighted by Crippen LogP contribution is 2.34. The minimum absolute atomic E-state index is 0.194. The molecular formula is C15H14BrClFNO. The van der Waals surface area contributed by atoms with Gasteiger partial charge in [0.2, 0.25) is 0 Å². The van der Waals surface area contributed by atoms with Crippen LogP contribution in [0.3, 0.4) is 0 Å². The number of nitrogens with one attached hydrogen (secondary N) is 1. The van der Waals surface area contributed by atoms with Crippen LogP contribution in [0.1, 0.15) is 17.2 Å². The van der Waals surface area contributed by atoms with Crippen molar-refractivity contribution < 1.29 is 9.13 Å². The maximum Gasteiger partial charge on any atom is 0.165 e. The molecule has 1 N–H and O–H groups in total. The quantitative estimate of drug-likeness (QED) is 0.865. The fraction of sp³-hybridized carbons (Fsp3) is 0.200. The third-order valence-electron chi connectivity index (χ3n) is 3.09. The van der Waals surface area contributed by atoms with E-state index >= 15 is 0 Å². The van der Waals surface area contributed by atoms with Crippen LogP contribution in [0.2, 0.25) is 5.02 Å². The molecule has 2 aromatic carbocycles. The first-order valence-corrected chi connectivity index (χ1v) is 7.20. The first-order chi connectivity index (χ1) is 9.58. The molecule has 0 heterocycles. The molecule has 1 unspecified atom stereocenters. The van der Waals surface area contributed by atoms with Gasteiger partial charge in [-0.15, -0.1) is 0 Å². The van der Waals surface area contributed by atoms with Crippen LogP contribution in [-0.2, 0) is 0 Å².